The molecule has 3 aromatic carbocycles. The van der Waals surface area contributed by atoms with Gasteiger partial charge in [-0.3, -0.25) is 9.59 Å². The van der Waals surface area contributed by atoms with Crippen molar-refractivity contribution in [1.82, 2.24) is 30.1 Å². The monoisotopic (exact) mass is 706 g/mol. The van der Waals surface area contributed by atoms with Crippen LogP contribution < -0.4 is 16.0 Å². The molecule has 4 N–H and O–H groups in total. The molecule has 1 aliphatic heterocycles. The van der Waals surface area contributed by atoms with E-state index < -0.39 is 12.1 Å². The fourth-order valence-electron chi connectivity index (χ4n) is 5.87. The number of H-pyrrole nitrogens is 1. The van der Waals surface area contributed by atoms with Crippen LogP contribution in [0.2, 0.25) is 5.02 Å². The number of nitrogens with zero attached hydrogens (tertiary/aromatic N) is 4. The topological polar surface area (TPSA) is 145 Å². The Morgan fingerprint density at radius 3 is 2.53 bits per heavy atom. The summed E-state index contributed by atoms with van der Waals surface area (Å²) < 4.78 is 5.66. The maximum atomic E-state index is 13.4. The highest BCUT2D eigenvalue weighted by molar-refractivity contribution is 6.33. The molecule has 1 aliphatic rings. The van der Waals surface area contributed by atoms with E-state index in [1.54, 1.807) is 41.4 Å². The minimum atomic E-state index is -0.499. The number of anilines is 2. The number of halogens is 1. The average Bonchev–Trinajstić information content (AvgIpc) is 3.56. The van der Waals surface area contributed by atoms with Crippen LogP contribution in [-0.2, 0) is 16.1 Å². The molecule has 51 heavy (non-hydrogen) atoms. The first-order chi connectivity index (χ1) is 24.7. The van der Waals surface area contributed by atoms with E-state index in [4.69, 9.17) is 21.3 Å². The van der Waals surface area contributed by atoms with Crippen LogP contribution in [-0.4, -0.2) is 88.5 Å². The number of para-hydroxylation sites is 1. The highest BCUT2D eigenvalue weighted by Crippen LogP contribution is 2.32. The van der Waals surface area contributed by atoms with Gasteiger partial charge in [-0.05, 0) is 56.4 Å². The Kier molecular flexibility index (Phi) is 11.2. The molecule has 262 valence electrons. The molecule has 0 spiro atoms. The zero-order valence-electron chi connectivity index (χ0n) is 28.3. The average molecular weight is 707 g/mol. The first-order valence-electron chi connectivity index (χ1n) is 16.6. The van der Waals surface area contributed by atoms with Gasteiger partial charge >= 0.3 is 6.09 Å². The molecule has 1 saturated heterocycles. The first-order valence-corrected chi connectivity index (χ1v) is 16.9. The second kappa shape index (κ2) is 16.3. The largest absolute Gasteiger partial charge is 0.445 e. The molecular weight excluding hydrogens is 668 g/mol. The number of piperidine rings is 1. The minimum absolute atomic E-state index is 0.119. The summed E-state index contributed by atoms with van der Waals surface area (Å²) in [7, 11) is 3.84. The van der Waals surface area contributed by atoms with Crippen LogP contribution in [0, 0.1) is 0 Å². The Labute approximate surface area is 300 Å². The Morgan fingerprint density at radius 1 is 1.00 bits per heavy atom. The number of ether oxygens (including phenoxy) is 1. The predicted molar refractivity (Wildman–Crippen MR) is 199 cm³/mol. The maximum Gasteiger partial charge on any atom is 0.410 e. The van der Waals surface area contributed by atoms with Gasteiger partial charge in [0.15, 0.2) is 0 Å². The van der Waals surface area contributed by atoms with Crippen molar-refractivity contribution < 1.29 is 19.1 Å². The molecule has 12 nitrogen and oxygen atoms in total. The van der Waals surface area contributed by atoms with E-state index in [0.29, 0.717) is 47.4 Å². The van der Waals surface area contributed by atoms with Gasteiger partial charge in [0.05, 0.1) is 16.9 Å². The second-order valence-corrected chi connectivity index (χ2v) is 13.0. The Morgan fingerprint density at radius 2 is 1.75 bits per heavy atom. The quantitative estimate of drug-likeness (QED) is 0.123. The third-order valence-electron chi connectivity index (χ3n) is 8.33. The van der Waals surface area contributed by atoms with Crippen molar-refractivity contribution in [1.29, 1.82) is 0 Å². The number of nitrogens with one attached hydrogen (secondary N) is 4. The molecule has 1 fully saturated rings. The van der Waals surface area contributed by atoms with Crippen molar-refractivity contribution in [3.8, 4) is 11.3 Å². The zero-order valence-corrected chi connectivity index (χ0v) is 29.1. The van der Waals surface area contributed by atoms with E-state index in [-0.39, 0.29) is 31.0 Å². The van der Waals surface area contributed by atoms with Gasteiger partial charge in [0.2, 0.25) is 11.9 Å². The standard InChI is InChI=1S/C38H39ClN8O4/c1-46(2)18-8-13-34(48)42-27-16-14-26(15-17-27)36(49)43-28-19-29(23-47(22-28)38(50)51-24-25-9-4-3-5-10-25)44-37-41-21-32(39)35(45-37)31-20-40-33-12-7-6-11-30(31)33/h3-17,20-21,28-29,40H,18-19,22-24H2,1-2H3,(H,42,48)(H,43,49)(H,41,44,45)/b13-8+/t28-,29+/m1/s1. The molecule has 3 heterocycles. The molecule has 2 atom stereocenters. The molecule has 0 unspecified atom stereocenters. The number of hydrogen-bond acceptors (Lipinski definition) is 8. The Bertz CT molecular complexity index is 2020. The number of carbonyl (C=O) groups excluding carboxylic acids is 3. The molecule has 0 bridgehead atoms. The van der Waals surface area contributed by atoms with Crippen LogP contribution in [0.3, 0.4) is 0 Å². The fraction of sp³-hybridized carbons (Fsp3) is 0.237. The summed E-state index contributed by atoms with van der Waals surface area (Å²) in [6.45, 7) is 1.30. The van der Waals surface area contributed by atoms with Gasteiger partial charge in [-0.1, -0.05) is 66.2 Å². The summed E-state index contributed by atoms with van der Waals surface area (Å²) in [4.78, 5) is 55.0. The Hall–Kier alpha value is -5.72. The number of likely N-dealkylation sites (tertiary alicyclic amines) is 1. The van der Waals surface area contributed by atoms with Crippen LogP contribution in [0.4, 0.5) is 16.4 Å². The number of carbonyl (C=O) groups is 3. The van der Waals surface area contributed by atoms with Crippen LogP contribution in [0.15, 0.2) is 103 Å². The van der Waals surface area contributed by atoms with Crippen LogP contribution in [0.5, 0.6) is 0 Å². The number of aromatic nitrogens is 3. The lowest BCUT2D eigenvalue weighted by Gasteiger charge is -2.37. The van der Waals surface area contributed by atoms with Crippen molar-refractivity contribution in [2.75, 3.05) is 44.4 Å². The molecule has 13 heteroatoms. The van der Waals surface area contributed by atoms with Gasteiger partial charge in [-0.2, -0.15) is 0 Å². The molecule has 2 aromatic heterocycles. The van der Waals surface area contributed by atoms with Crippen molar-refractivity contribution in [2.24, 2.45) is 0 Å². The third-order valence-corrected chi connectivity index (χ3v) is 8.60. The third kappa shape index (κ3) is 9.30. The number of aromatic amines is 1. The van der Waals surface area contributed by atoms with Crippen LogP contribution in [0.1, 0.15) is 22.3 Å². The fourth-order valence-corrected chi connectivity index (χ4v) is 6.06. The lowest BCUT2D eigenvalue weighted by atomic mass is 10.0. The van der Waals surface area contributed by atoms with E-state index in [1.807, 2.05) is 79.8 Å². The van der Waals surface area contributed by atoms with E-state index in [1.165, 1.54) is 6.08 Å². The zero-order chi connectivity index (χ0) is 35.7. The summed E-state index contributed by atoms with van der Waals surface area (Å²) in [5.41, 5.74) is 4.21. The van der Waals surface area contributed by atoms with Gasteiger partial charge in [-0.15, -0.1) is 0 Å². The molecule has 3 amide bonds. The van der Waals surface area contributed by atoms with Crippen molar-refractivity contribution in [2.45, 2.75) is 25.1 Å². The number of hydrogen-bond donors (Lipinski definition) is 4. The van der Waals surface area contributed by atoms with Gasteiger partial charge in [0.25, 0.3) is 5.91 Å². The molecular formula is C38H39ClN8O4. The van der Waals surface area contributed by atoms with E-state index in [2.05, 4.69) is 25.9 Å². The summed E-state index contributed by atoms with van der Waals surface area (Å²) in [5.74, 6) is -0.234. The van der Waals surface area contributed by atoms with E-state index in [0.717, 1.165) is 22.0 Å². The summed E-state index contributed by atoms with van der Waals surface area (Å²) >= 11 is 6.58. The first kappa shape index (κ1) is 35.1. The van der Waals surface area contributed by atoms with Crippen molar-refractivity contribution in [3.63, 3.8) is 0 Å². The van der Waals surface area contributed by atoms with Crippen molar-refractivity contribution in [3.05, 3.63) is 120 Å². The van der Waals surface area contributed by atoms with Gasteiger partial charge in [-0.25, -0.2) is 14.8 Å². The number of fused-ring (bicyclic) bond motifs is 1. The van der Waals surface area contributed by atoms with E-state index in [9.17, 15) is 14.4 Å². The maximum absolute atomic E-state index is 13.4. The van der Waals surface area contributed by atoms with Gasteiger partial charge in [0.1, 0.15) is 6.61 Å². The lowest BCUT2D eigenvalue weighted by Crippen LogP contribution is -2.56. The highest BCUT2D eigenvalue weighted by Gasteiger charge is 2.32. The van der Waals surface area contributed by atoms with Crippen molar-refractivity contribution >= 4 is 52.0 Å². The number of likely N-dealkylation sites (N-methyl/N-ethyl adjacent to an activating group) is 1. The molecule has 0 aliphatic carbocycles. The van der Waals surface area contributed by atoms with Gasteiger partial charge in [0, 0.05) is 71.7 Å². The second-order valence-electron chi connectivity index (χ2n) is 12.6. The number of benzene rings is 3. The summed E-state index contributed by atoms with van der Waals surface area (Å²) in [6, 6.07) is 23.2. The van der Waals surface area contributed by atoms with Crippen LogP contribution >= 0.6 is 11.6 Å². The molecule has 5 aromatic rings. The Balaban J connectivity index is 1.16. The van der Waals surface area contributed by atoms with Crippen LogP contribution in [0.25, 0.3) is 22.2 Å². The summed E-state index contributed by atoms with van der Waals surface area (Å²) in [5, 5.41) is 10.6. The smallest absolute Gasteiger partial charge is 0.410 e. The number of amides is 3. The molecule has 0 radical (unpaired) electrons. The molecule has 6 rings (SSSR count). The highest BCUT2D eigenvalue weighted by atomic mass is 35.5. The van der Waals surface area contributed by atoms with E-state index >= 15 is 0 Å². The summed E-state index contributed by atoms with van der Waals surface area (Å²) in [6.07, 6.45) is 6.64. The minimum Gasteiger partial charge on any atom is -0.445 e. The normalized spacial score (nSPS) is 16.0. The lowest BCUT2D eigenvalue weighted by molar-refractivity contribution is -0.111. The van der Waals surface area contributed by atoms with Gasteiger partial charge < -0.3 is 35.5 Å². The SMILES string of the molecule is CN(C)C/C=C/C(=O)Nc1ccc(C(=O)N[C@@H]2C[C@H](Nc3ncc(Cl)c(-c4c[nH]c5ccccc45)n3)CN(C(=O)OCc3ccccc3)C2)cc1. The molecule has 0 saturated carbocycles. The number of rotatable bonds is 11. The predicted octanol–water partition coefficient (Wildman–Crippen LogP) is 5.96.